The summed E-state index contributed by atoms with van der Waals surface area (Å²) in [6, 6.07) is 1.50. The van der Waals surface area contributed by atoms with Gasteiger partial charge in [0.15, 0.2) is 0 Å². The minimum absolute atomic E-state index is 0.705. The van der Waals surface area contributed by atoms with E-state index in [9.17, 15) is 0 Å². The van der Waals surface area contributed by atoms with E-state index in [1.54, 1.807) is 0 Å². The number of rotatable bonds is 3. The van der Waals surface area contributed by atoms with Crippen LogP contribution in [0.4, 0.5) is 0 Å². The summed E-state index contributed by atoms with van der Waals surface area (Å²) >= 11 is 2.08. The maximum atomic E-state index is 3.69. The van der Waals surface area contributed by atoms with Crippen LogP contribution in [0.25, 0.3) is 0 Å². The van der Waals surface area contributed by atoms with Crippen molar-refractivity contribution in [2.75, 3.05) is 24.6 Å². The second kappa shape index (κ2) is 4.86. The maximum Gasteiger partial charge on any atom is 0.0283 e. The zero-order chi connectivity index (χ0) is 9.97. The fourth-order valence-corrected chi connectivity index (χ4v) is 3.29. The lowest BCUT2D eigenvalue weighted by Crippen LogP contribution is -2.53. The number of hydrogen-bond acceptors (Lipinski definition) is 3. The van der Waals surface area contributed by atoms with E-state index < -0.39 is 0 Å². The Morgan fingerprint density at radius 1 is 1.43 bits per heavy atom. The molecule has 1 saturated heterocycles. The van der Waals surface area contributed by atoms with Crippen molar-refractivity contribution in [1.29, 1.82) is 0 Å². The molecule has 0 aromatic rings. The molecule has 2 aliphatic rings. The van der Waals surface area contributed by atoms with Gasteiger partial charge in [-0.2, -0.15) is 11.8 Å². The summed E-state index contributed by atoms with van der Waals surface area (Å²) in [4.78, 5) is 0. The Hall–Kier alpha value is 0.270. The summed E-state index contributed by atoms with van der Waals surface area (Å²) in [5.41, 5.74) is 0. The summed E-state index contributed by atoms with van der Waals surface area (Å²) in [6.07, 6.45) is 1.38. The average molecular weight is 214 g/mol. The number of hydrogen-bond donors (Lipinski definition) is 2. The summed E-state index contributed by atoms with van der Waals surface area (Å²) in [5.74, 6) is 4.38. The Kier molecular flexibility index (Phi) is 3.74. The van der Waals surface area contributed by atoms with Gasteiger partial charge in [-0.15, -0.1) is 0 Å². The van der Waals surface area contributed by atoms with Gasteiger partial charge in [-0.1, -0.05) is 13.8 Å². The summed E-state index contributed by atoms with van der Waals surface area (Å²) in [5, 5.41) is 7.26. The van der Waals surface area contributed by atoms with Crippen LogP contribution in [0.5, 0.6) is 0 Å². The molecule has 1 aliphatic heterocycles. The van der Waals surface area contributed by atoms with Crippen molar-refractivity contribution in [2.45, 2.75) is 32.4 Å². The summed E-state index contributed by atoms with van der Waals surface area (Å²) in [7, 11) is 0. The van der Waals surface area contributed by atoms with Crippen molar-refractivity contribution in [3.8, 4) is 0 Å². The number of nitrogens with one attached hydrogen (secondary N) is 2. The molecule has 0 spiro atoms. The van der Waals surface area contributed by atoms with Crippen LogP contribution < -0.4 is 10.6 Å². The van der Waals surface area contributed by atoms with E-state index in [0.717, 1.165) is 24.4 Å². The Balaban J connectivity index is 1.62. The minimum atomic E-state index is 0.705. The number of thioether (sulfide) groups is 1. The second-order valence-corrected chi connectivity index (χ2v) is 5.96. The third kappa shape index (κ3) is 2.44. The molecule has 2 N–H and O–H groups in total. The fourth-order valence-electron chi connectivity index (χ4n) is 2.34. The van der Waals surface area contributed by atoms with E-state index in [2.05, 4.69) is 36.2 Å². The molecule has 2 rings (SSSR count). The van der Waals surface area contributed by atoms with Gasteiger partial charge in [-0.25, -0.2) is 0 Å². The van der Waals surface area contributed by atoms with E-state index in [0.29, 0.717) is 6.04 Å². The van der Waals surface area contributed by atoms with Crippen LogP contribution in [0.2, 0.25) is 0 Å². The van der Waals surface area contributed by atoms with Gasteiger partial charge in [-0.3, -0.25) is 0 Å². The van der Waals surface area contributed by atoms with Crippen molar-refractivity contribution in [3.05, 3.63) is 0 Å². The van der Waals surface area contributed by atoms with Crippen LogP contribution in [0.3, 0.4) is 0 Å². The van der Waals surface area contributed by atoms with E-state index in [1.807, 2.05) is 0 Å². The molecule has 0 aromatic carbocycles. The van der Waals surface area contributed by atoms with Gasteiger partial charge < -0.3 is 10.6 Å². The topological polar surface area (TPSA) is 24.1 Å². The van der Waals surface area contributed by atoms with Gasteiger partial charge in [0.05, 0.1) is 0 Å². The Morgan fingerprint density at radius 2 is 2.29 bits per heavy atom. The Labute approximate surface area is 91.6 Å². The highest BCUT2D eigenvalue weighted by atomic mass is 32.2. The molecule has 2 nitrogen and oxygen atoms in total. The van der Waals surface area contributed by atoms with Crippen LogP contribution in [-0.4, -0.2) is 36.7 Å². The minimum Gasteiger partial charge on any atom is -0.312 e. The SMILES string of the molecule is CC1CC(NCC2CSCCN2)C1C. The highest BCUT2D eigenvalue weighted by molar-refractivity contribution is 7.99. The molecule has 0 bridgehead atoms. The lowest BCUT2D eigenvalue weighted by Gasteiger charge is -2.42. The highest BCUT2D eigenvalue weighted by Crippen LogP contribution is 2.33. The first-order valence-electron chi connectivity index (χ1n) is 5.82. The molecule has 0 radical (unpaired) electrons. The third-order valence-electron chi connectivity index (χ3n) is 3.78. The van der Waals surface area contributed by atoms with Crippen LogP contribution in [-0.2, 0) is 0 Å². The molecule has 1 heterocycles. The molecule has 82 valence electrons. The Morgan fingerprint density at radius 3 is 2.86 bits per heavy atom. The first-order valence-corrected chi connectivity index (χ1v) is 6.97. The third-order valence-corrected chi connectivity index (χ3v) is 4.91. The van der Waals surface area contributed by atoms with Crippen molar-refractivity contribution in [1.82, 2.24) is 10.6 Å². The molecular formula is C11H22N2S. The standard InChI is InChI=1S/C11H22N2S/c1-8-5-11(9(8)2)13-6-10-7-14-4-3-12-10/h8-13H,3-7H2,1-2H3. The Bertz CT molecular complexity index is 175. The quantitative estimate of drug-likeness (QED) is 0.741. The molecule has 0 aromatic heterocycles. The molecule has 0 amide bonds. The van der Waals surface area contributed by atoms with Gasteiger partial charge in [0.2, 0.25) is 0 Å². The monoisotopic (exact) mass is 214 g/mol. The molecule has 1 aliphatic carbocycles. The van der Waals surface area contributed by atoms with Crippen LogP contribution in [0.15, 0.2) is 0 Å². The van der Waals surface area contributed by atoms with Crippen molar-refractivity contribution >= 4 is 11.8 Å². The molecule has 4 unspecified atom stereocenters. The molecule has 4 atom stereocenters. The lowest BCUT2D eigenvalue weighted by molar-refractivity contribution is 0.135. The smallest absolute Gasteiger partial charge is 0.0283 e. The van der Waals surface area contributed by atoms with Gasteiger partial charge >= 0.3 is 0 Å². The van der Waals surface area contributed by atoms with E-state index in [1.165, 1.54) is 24.5 Å². The molecular weight excluding hydrogens is 192 g/mol. The van der Waals surface area contributed by atoms with Crippen LogP contribution >= 0.6 is 11.8 Å². The van der Waals surface area contributed by atoms with Crippen molar-refractivity contribution in [3.63, 3.8) is 0 Å². The van der Waals surface area contributed by atoms with Gasteiger partial charge in [-0.05, 0) is 18.3 Å². The normalized spacial score (nSPS) is 43.3. The lowest BCUT2D eigenvalue weighted by atomic mass is 9.71. The first kappa shape index (κ1) is 10.8. The predicted molar refractivity (Wildman–Crippen MR) is 63.9 cm³/mol. The molecule has 3 heteroatoms. The van der Waals surface area contributed by atoms with E-state index in [4.69, 9.17) is 0 Å². The van der Waals surface area contributed by atoms with Crippen LogP contribution in [0, 0.1) is 11.8 Å². The molecule has 2 fully saturated rings. The van der Waals surface area contributed by atoms with Crippen LogP contribution in [0.1, 0.15) is 20.3 Å². The van der Waals surface area contributed by atoms with E-state index >= 15 is 0 Å². The highest BCUT2D eigenvalue weighted by Gasteiger charge is 2.34. The molecule has 14 heavy (non-hydrogen) atoms. The summed E-state index contributed by atoms with van der Waals surface area (Å²) < 4.78 is 0. The predicted octanol–water partition coefficient (Wildman–Crippen LogP) is 1.33. The van der Waals surface area contributed by atoms with Crippen molar-refractivity contribution in [2.24, 2.45) is 11.8 Å². The van der Waals surface area contributed by atoms with Crippen molar-refractivity contribution < 1.29 is 0 Å². The van der Waals surface area contributed by atoms with Gasteiger partial charge in [0.1, 0.15) is 0 Å². The van der Waals surface area contributed by atoms with Gasteiger partial charge in [0, 0.05) is 36.7 Å². The average Bonchev–Trinajstić information content (AvgIpc) is 2.25. The zero-order valence-corrected chi connectivity index (χ0v) is 10.1. The first-order chi connectivity index (χ1) is 6.77. The van der Waals surface area contributed by atoms with Gasteiger partial charge in [0.25, 0.3) is 0 Å². The summed E-state index contributed by atoms with van der Waals surface area (Å²) in [6.45, 7) is 7.08. The fraction of sp³-hybridized carbons (Fsp3) is 1.00. The largest absolute Gasteiger partial charge is 0.312 e. The second-order valence-electron chi connectivity index (χ2n) is 4.81. The maximum absolute atomic E-state index is 3.69. The molecule has 1 saturated carbocycles. The zero-order valence-electron chi connectivity index (χ0n) is 9.25. The van der Waals surface area contributed by atoms with E-state index in [-0.39, 0.29) is 0 Å².